The maximum atomic E-state index is 11.1. The summed E-state index contributed by atoms with van der Waals surface area (Å²) in [4.78, 5) is 20.7. The third kappa shape index (κ3) is 5.36. The lowest BCUT2D eigenvalue weighted by Gasteiger charge is -2.37. The summed E-state index contributed by atoms with van der Waals surface area (Å²) in [6, 6.07) is 0.536. The predicted octanol–water partition coefficient (Wildman–Crippen LogP) is 3.42. The minimum absolute atomic E-state index is 0.536. The van der Waals surface area contributed by atoms with Crippen LogP contribution >= 0.6 is 0 Å². The van der Waals surface area contributed by atoms with Crippen molar-refractivity contribution in [3.63, 3.8) is 0 Å². The Morgan fingerprint density at radius 1 is 1.12 bits per heavy atom. The highest BCUT2D eigenvalue weighted by molar-refractivity contribution is 5.86. The molecule has 6 heteroatoms. The number of amides is 1. The molecule has 138 valence electrons. The average Bonchev–Trinajstić information content (AvgIpc) is 2.85. The van der Waals surface area contributed by atoms with E-state index in [9.17, 15) is 4.79 Å². The van der Waals surface area contributed by atoms with Gasteiger partial charge in [-0.3, -0.25) is 0 Å². The molecule has 24 heavy (non-hydrogen) atoms. The summed E-state index contributed by atoms with van der Waals surface area (Å²) in [7, 11) is 0. The molecule has 1 N–H and O–H groups in total. The zero-order valence-electron chi connectivity index (χ0n) is 15.2. The molecule has 2 saturated heterocycles. The van der Waals surface area contributed by atoms with Gasteiger partial charge in [-0.05, 0) is 58.0 Å². The van der Waals surface area contributed by atoms with E-state index in [4.69, 9.17) is 9.94 Å². The topological polar surface area (TPSA) is 65.4 Å². The van der Waals surface area contributed by atoms with Gasteiger partial charge in [0.15, 0.2) is 0 Å². The maximum Gasteiger partial charge on any atom is 0.407 e. The van der Waals surface area contributed by atoms with Gasteiger partial charge < -0.3 is 19.7 Å². The summed E-state index contributed by atoms with van der Waals surface area (Å²) in [5, 5.41) is 13.5. The van der Waals surface area contributed by atoms with Crippen LogP contribution in [-0.2, 0) is 4.84 Å². The average molecular weight is 339 g/mol. The summed E-state index contributed by atoms with van der Waals surface area (Å²) < 4.78 is 0. The quantitative estimate of drug-likeness (QED) is 0.457. The fourth-order valence-electron chi connectivity index (χ4n) is 3.88. The first-order valence-electron chi connectivity index (χ1n) is 9.56. The van der Waals surface area contributed by atoms with Crippen molar-refractivity contribution in [1.29, 1.82) is 0 Å². The van der Waals surface area contributed by atoms with Crippen LogP contribution in [0.1, 0.15) is 58.8 Å². The van der Waals surface area contributed by atoms with Crippen molar-refractivity contribution in [2.24, 2.45) is 11.1 Å². The van der Waals surface area contributed by atoms with E-state index in [1.54, 1.807) is 4.90 Å². The molecule has 0 bridgehead atoms. The van der Waals surface area contributed by atoms with Crippen LogP contribution < -0.4 is 0 Å². The number of piperidine rings is 1. The molecule has 2 rings (SSSR count). The van der Waals surface area contributed by atoms with E-state index in [2.05, 4.69) is 23.9 Å². The SMILES string of the molecule is CCCO/N=C(\CC)C1CCN(C2CCCN(C(=O)O)CC2)CC1. The van der Waals surface area contributed by atoms with Crippen molar-refractivity contribution in [1.82, 2.24) is 9.80 Å². The van der Waals surface area contributed by atoms with Gasteiger partial charge in [0.05, 0.1) is 5.71 Å². The fraction of sp³-hybridized carbons (Fsp3) is 0.889. The van der Waals surface area contributed by atoms with Crippen molar-refractivity contribution < 1.29 is 14.7 Å². The molecule has 0 radical (unpaired) electrons. The first-order valence-corrected chi connectivity index (χ1v) is 9.56. The lowest BCUT2D eigenvalue weighted by Crippen LogP contribution is -2.43. The fourth-order valence-corrected chi connectivity index (χ4v) is 3.88. The minimum atomic E-state index is -0.773. The number of hydrogen-bond donors (Lipinski definition) is 1. The minimum Gasteiger partial charge on any atom is -0.465 e. The van der Waals surface area contributed by atoms with Crippen LogP contribution in [0.25, 0.3) is 0 Å². The van der Waals surface area contributed by atoms with Crippen LogP contribution in [0.5, 0.6) is 0 Å². The second-order valence-corrected chi connectivity index (χ2v) is 6.93. The molecule has 1 amide bonds. The van der Waals surface area contributed by atoms with Gasteiger partial charge in [0.2, 0.25) is 0 Å². The van der Waals surface area contributed by atoms with Crippen molar-refractivity contribution in [2.45, 2.75) is 64.8 Å². The molecule has 2 heterocycles. The van der Waals surface area contributed by atoms with Crippen LogP contribution in [-0.4, -0.2) is 65.5 Å². The molecule has 0 aromatic rings. The Kier molecular flexibility index (Phi) is 7.82. The highest BCUT2D eigenvalue weighted by Gasteiger charge is 2.29. The highest BCUT2D eigenvalue weighted by Crippen LogP contribution is 2.25. The maximum absolute atomic E-state index is 11.1. The van der Waals surface area contributed by atoms with E-state index in [0.717, 1.165) is 58.0 Å². The molecule has 2 aliphatic rings. The number of likely N-dealkylation sites (tertiary alicyclic amines) is 2. The van der Waals surface area contributed by atoms with Gasteiger partial charge in [-0.1, -0.05) is 19.0 Å². The van der Waals surface area contributed by atoms with Gasteiger partial charge in [0, 0.05) is 25.0 Å². The van der Waals surface area contributed by atoms with E-state index in [0.29, 0.717) is 31.7 Å². The number of nitrogens with zero attached hydrogens (tertiary/aromatic N) is 3. The van der Waals surface area contributed by atoms with E-state index in [-0.39, 0.29) is 0 Å². The summed E-state index contributed by atoms with van der Waals surface area (Å²) in [5.41, 5.74) is 1.21. The summed E-state index contributed by atoms with van der Waals surface area (Å²) in [6.45, 7) is 8.50. The highest BCUT2D eigenvalue weighted by atomic mass is 16.6. The van der Waals surface area contributed by atoms with E-state index in [1.807, 2.05) is 0 Å². The monoisotopic (exact) mass is 339 g/mol. The first-order chi connectivity index (χ1) is 11.7. The van der Waals surface area contributed by atoms with Crippen molar-refractivity contribution in [3.8, 4) is 0 Å². The lowest BCUT2D eigenvalue weighted by molar-refractivity contribution is 0.123. The normalized spacial score (nSPS) is 24.7. The molecule has 0 saturated carbocycles. The Morgan fingerprint density at radius 3 is 2.50 bits per heavy atom. The van der Waals surface area contributed by atoms with E-state index >= 15 is 0 Å². The van der Waals surface area contributed by atoms with Crippen molar-refractivity contribution >= 4 is 11.8 Å². The number of carbonyl (C=O) groups is 1. The standard InChI is InChI=1S/C18H33N3O3/c1-3-14-24-19-17(4-2)15-7-11-20(12-8-15)16-6-5-10-21(13-9-16)18(22)23/h15-16H,3-14H2,1-2H3,(H,22,23)/b19-17+. The smallest absolute Gasteiger partial charge is 0.407 e. The van der Waals surface area contributed by atoms with Crippen molar-refractivity contribution in [2.75, 3.05) is 32.8 Å². The van der Waals surface area contributed by atoms with E-state index in [1.165, 1.54) is 5.71 Å². The van der Waals surface area contributed by atoms with Gasteiger partial charge in [0.25, 0.3) is 0 Å². The van der Waals surface area contributed by atoms with Gasteiger partial charge in [-0.15, -0.1) is 0 Å². The van der Waals surface area contributed by atoms with Gasteiger partial charge >= 0.3 is 6.09 Å². The second kappa shape index (κ2) is 9.87. The van der Waals surface area contributed by atoms with Crippen molar-refractivity contribution in [3.05, 3.63) is 0 Å². The Bertz CT molecular complexity index is 420. The van der Waals surface area contributed by atoms with Crippen LogP contribution in [0.3, 0.4) is 0 Å². The molecule has 0 spiro atoms. The second-order valence-electron chi connectivity index (χ2n) is 6.93. The zero-order chi connectivity index (χ0) is 17.4. The Balaban J connectivity index is 1.81. The molecule has 2 fully saturated rings. The molecule has 0 aromatic heterocycles. The molecule has 0 aliphatic carbocycles. The lowest BCUT2D eigenvalue weighted by atomic mass is 9.89. The van der Waals surface area contributed by atoms with Gasteiger partial charge in [0.1, 0.15) is 6.61 Å². The summed E-state index contributed by atoms with van der Waals surface area (Å²) in [6.07, 6.45) is 6.52. The Labute approximate surface area is 145 Å². The molecular weight excluding hydrogens is 306 g/mol. The number of hydrogen-bond acceptors (Lipinski definition) is 4. The predicted molar refractivity (Wildman–Crippen MR) is 95.5 cm³/mol. The molecular formula is C18H33N3O3. The van der Waals surface area contributed by atoms with Gasteiger partial charge in [-0.2, -0.15) is 0 Å². The summed E-state index contributed by atoms with van der Waals surface area (Å²) >= 11 is 0. The molecule has 1 unspecified atom stereocenters. The first kappa shape index (κ1) is 19.0. The number of oxime groups is 1. The third-order valence-electron chi connectivity index (χ3n) is 5.32. The third-order valence-corrected chi connectivity index (χ3v) is 5.32. The van der Waals surface area contributed by atoms with Gasteiger partial charge in [-0.25, -0.2) is 4.79 Å². The molecule has 2 aliphatic heterocycles. The number of carboxylic acid groups (broad SMARTS) is 1. The summed E-state index contributed by atoms with van der Waals surface area (Å²) in [5.74, 6) is 0.546. The molecule has 1 atom stereocenters. The zero-order valence-corrected chi connectivity index (χ0v) is 15.2. The van der Waals surface area contributed by atoms with Crippen LogP contribution in [0.2, 0.25) is 0 Å². The number of rotatable bonds is 6. The van der Waals surface area contributed by atoms with Crippen LogP contribution in [0.15, 0.2) is 5.16 Å². The molecule has 0 aromatic carbocycles. The van der Waals surface area contributed by atoms with E-state index < -0.39 is 6.09 Å². The van der Waals surface area contributed by atoms with Crippen LogP contribution in [0.4, 0.5) is 4.79 Å². The largest absolute Gasteiger partial charge is 0.465 e. The Hall–Kier alpha value is -1.30. The Morgan fingerprint density at radius 2 is 1.88 bits per heavy atom. The molecule has 6 nitrogen and oxygen atoms in total. The van der Waals surface area contributed by atoms with Crippen LogP contribution in [0, 0.1) is 5.92 Å².